The summed E-state index contributed by atoms with van der Waals surface area (Å²) >= 11 is 0. The van der Waals surface area contributed by atoms with Gasteiger partial charge in [-0.3, -0.25) is 4.90 Å². The van der Waals surface area contributed by atoms with E-state index in [-0.39, 0.29) is 0 Å². The first-order valence-corrected chi connectivity index (χ1v) is 6.17. The number of benzene rings is 1. The molecule has 0 aliphatic carbocycles. The average molecular weight is 215 g/mol. The highest BCUT2D eigenvalue weighted by Gasteiger charge is 2.14. The van der Waals surface area contributed by atoms with Crippen LogP contribution in [0.2, 0.25) is 0 Å². The molecule has 0 bridgehead atoms. The quantitative estimate of drug-likeness (QED) is 0.730. The molecule has 0 amide bonds. The molecule has 0 N–H and O–H groups in total. The van der Waals surface area contributed by atoms with Crippen LogP contribution in [0, 0.1) is 6.92 Å². The van der Waals surface area contributed by atoms with E-state index in [4.69, 9.17) is 0 Å². The van der Waals surface area contributed by atoms with E-state index in [1.165, 1.54) is 29.7 Å². The van der Waals surface area contributed by atoms with Gasteiger partial charge in [0.2, 0.25) is 0 Å². The topological polar surface area (TPSA) is 3.24 Å². The van der Waals surface area contributed by atoms with Crippen molar-refractivity contribution in [1.82, 2.24) is 4.90 Å². The lowest BCUT2D eigenvalue weighted by Crippen LogP contribution is -2.34. The van der Waals surface area contributed by atoms with Crippen LogP contribution in [0.4, 0.5) is 0 Å². The van der Waals surface area contributed by atoms with E-state index in [9.17, 15) is 0 Å². The maximum atomic E-state index is 2.51. The van der Waals surface area contributed by atoms with Crippen LogP contribution in [0.25, 0.3) is 5.57 Å². The minimum atomic E-state index is 0.662. The molecule has 0 spiro atoms. The molecule has 0 radical (unpaired) electrons. The SMILES string of the molecule is Cc1cccc(C2=CCN(C(C)C)CC2)c1. The van der Waals surface area contributed by atoms with E-state index in [1.807, 2.05) is 0 Å². The van der Waals surface area contributed by atoms with E-state index < -0.39 is 0 Å². The molecule has 1 aliphatic rings. The Labute approximate surface area is 98.8 Å². The van der Waals surface area contributed by atoms with Crippen molar-refractivity contribution in [2.75, 3.05) is 13.1 Å². The lowest BCUT2D eigenvalue weighted by atomic mass is 9.97. The molecule has 0 unspecified atom stereocenters. The molecule has 1 aliphatic heterocycles. The van der Waals surface area contributed by atoms with Gasteiger partial charge in [-0.15, -0.1) is 0 Å². The van der Waals surface area contributed by atoms with E-state index in [1.54, 1.807) is 0 Å². The molecule has 1 nitrogen and oxygen atoms in total. The fraction of sp³-hybridized carbons (Fsp3) is 0.467. The molecular weight excluding hydrogens is 194 g/mol. The molecule has 2 rings (SSSR count). The molecule has 1 aromatic carbocycles. The molecule has 1 heteroatoms. The summed E-state index contributed by atoms with van der Waals surface area (Å²) in [4.78, 5) is 2.51. The van der Waals surface area contributed by atoms with Gasteiger partial charge in [-0.2, -0.15) is 0 Å². The fourth-order valence-electron chi connectivity index (χ4n) is 2.26. The van der Waals surface area contributed by atoms with Crippen LogP contribution in [0.5, 0.6) is 0 Å². The van der Waals surface area contributed by atoms with Gasteiger partial charge in [-0.25, -0.2) is 0 Å². The van der Waals surface area contributed by atoms with Crippen molar-refractivity contribution >= 4 is 5.57 Å². The summed E-state index contributed by atoms with van der Waals surface area (Å²) in [5.41, 5.74) is 4.27. The summed E-state index contributed by atoms with van der Waals surface area (Å²) in [7, 11) is 0. The second-order valence-electron chi connectivity index (χ2n) is 4.94. The van der Waals surface area contributed by atoms with Crippen LogP contribution in [0.1, 0.15) is 31.4 Å². The largest absolute Gasteiger partial charge is 0.297 e. The van der Waals surface area contributed by atoms with E-state index in [2.05, 4.69) is 56.0 Å². The van der Waals surface area contributed by atoms with Gasteiger partial charge in [-0.05, 0) is 38.3 Å². The summed E-state index contributed by atoms with van der Waals surface area (Å²) in [5, 5.41) is 0. The van der Waals surface area contributed by atoms with Crippen molar-refractivity contribution in [3.05, 3.63) is 41.5 Å². The van der Waals surface area contributed by atoms with Gasteiger partial charge in [0.25, 0.3) is 0 Å². The molecule has 0 saturated heterocycles. The number of rotatable bonds is 2. The predicted octanol–water partition coefficient (Wildman–Crippen LogP) is 3.49. The van der Waals surface area contributed by atoms with E-state index >= 15 is 0 Å². The lowest BCUT2D eigenvalue weighted by molar-refractivity contribution is 0.245. The summed E-state index contributed by atoms with van der Waals surface area (Å²) in [6.07, 6.45) is 3.57. The van der Waals surface area contributed by atoms with Gasteiger partial charge in [0.1, 0.15) is 0 Å². The first-order valence-electron chi connectivity index (χ1n) is 6.17. The van der Waals surface area contributed by atoms with Crippen molar-refractivity contribution < 1.29 is 0 Å². The molecule has 0 atom stereocenters. The fourth-order valence-corrected chi connectivity index (χ4v) is 2.26. The van der Waals surface area contributed by atoms with Crippen LogP contribution < -0.4 is 0 Å². The van der Waals surface area contributed by atoms with Gasteiger partial charge in [0.15, 0.2) is 0 Å². The van der Waals surface area contributed by atoms with Gasteiger partial charge >= 0.3 is 0 Å². The standard InChI is InChI=1S/C15H21N/c1-12(2)16-9-7-14(8-10-16)15-6-4-5-13(3)11-15/h4-7,11-12H,8-10H2,1-3H3. The molecule has 0 saturated carbocycles. The highest BCUT2D eigenvalue weighted by molar-refractivity contribution is 5.67. The van der Waals surface area contributed by atoms with Crippen molar-refractivity contribution in [3.8, 4) is 0 Å². The predicted molar refractivity (Wildman–Crippen MR) is 70.5 cm³/mol. The number of nitrogens with zero attached hydrogens (tertiary/aromatic N) is 1. The normalized spacial score (nSPS) is 17.6. The monoisotopic (exact) mass is 215 g/mol. The summed E-state index contributed by atoms with van der Waals surface area (Å²) in [5.74, 6) is 0. The molecular formula is C15H21N. The zero-order valence-electron chi connectivity index (χ0n) is 10.5. The van der Waals surface area contributed by atoms with Crippen LogP contribution in [0.3, 0.4) is 0 Å². The molecule has 16 heavy (non-hydrogen) atoms. The Morgan fingerprint density at radius 2 is 2.06 bits per heavy atom. The van der Waals surface area contributed by atoms with Crippen molar-refractivity contribution in [2.24, 2.45) is 0 Å². The Kier molecular flexibility index (Phi) is 3.45. The molecule has 86 valence electrons. The second-order valence-corrected chi connectivity index (χ2v) is 4.94. The number of hydrogen-bond donors (Lipinski definition) is 0. The Balaban J connectivity index is 2.13. The minimum absolute atomic E-state index is 0.662. The third kappa shape index (κ3) is 2.53. The third-order valence-corrected chi connectivity index (χ3v) is 3.36. The zero-order chi connectivity index (χ0) is 11.5. The van der Waals surface area contributed by atoms with Crippen molar-refractivity contribution in [2.45, 2.75) is 33.2 Å². The third-order valence-electron chi connectivity index (χ3n) is 3.36. The first-order chi connectivity index (χ1) is 7.66. The van der Waals surface area contributed by atoms with E-state index in [0.717, 1.165) is 6.54 Å². The lowest BCUT2D eigenvalue weighted by Gasteiger charge is -2.29. The van der Waals surface area contributed by atoms with Crippen molar-refractivity contribution in [3.63, 3.8) is 0 Å². The maximum Gasteiger partial charge on any atom is 0.0171 e. The van der Waals surface area contributed by atoms with Gasteiger partial charge in [0.05, 0.1) is 0 Å². The molecule has 0 aromatic heterocycles. The Bertz CT molecular complexity index is 390. The zero-order valence-corrected chi connectivity index (χ0v) is 10.5. The smallest absolute Gasteiger partial charge is 0.0171 e. The number of aryl methyl sites for hydroxylation is 1. The Hall–Kier alpha value is -1.08. The first kappa shape index (κ1) is 11.4. The molecule has 0 fully saturated rings. The number of hydrogen-bond acceptors (Lipinski definition) is 1. The van der Waals surface area contributed by atoms with Gasteiger partial charge in [0, 0.05) is 19.1 Å². The van der Waals surface area contributed by atoms with Crippen molar-refractivity contribution in [1.29, 1.82) is 0 Å². The summed E-state index contributed by atoms with van der Waals surface area (Å²) < 4.78 is 0. The molecule has 1 heterocycles. The van der Waals surface area contributed by atoms with Crippen LogP contribution in [-0.4, -0.2) is 24.0 Å². The second kappa shape index (κ2) is 4.84. The minimum Gasteiger partial charge on any atom is -0.297 e. The Morgan fingerprint density at radius 3 is 2.62 bits per heavy atom. The van der Waals surface area contributed by atoms with Gasteiger partial charge < -0.3 is 0 Å². The van der Waals surface area contributed by atoms with E-state index in [0.29, 0.717) is 6.04 Å². The summed E-state index contributed by atoms with van der Waals surface area (Å²) in [6, 6.07) is 9.49. The Morgan fingerprint density at radius 1 is 1.25 bits per heavy atom. The maximum absolute atomic E-state index is 2.51. The average Bonchev–Trinajstić information content (AvgIpc) is 2.29. The van der Waals surface area contributed by atoms with Crippen LogP contribution in [-0.2, 0) is 0 Å². The van der Waals surface area contributed by atoms with Crippen LogP contribution in [0.15, 0.2) is 30.3 Å². The highest BCUT2D eigenvalue weighted by Crippen LogP contribution is 2.23. The molecule has 1 aromatic rings. The highest BCUT2D eigenvalue weighted by atomic mass is 15.1. The van der Waals surface area contributed by atoms with Gasteiger partial charge in [-0.1, -0.05) is 35.9 Å². The summed E-state index contributed by atoms with van der Waals surface area (Å²) in [6.45, 7) is 8.99. The van der Waals surface area contributed by atoms with Crippen LogP contribution >= 0.6 is 0 Å².